The van der Waals surface area contributed by atoms with E-state index in [1.165, 1.54) is 56.1 Å². The van der Waals surface area contributed by atoms with Gasteiger partial charge in [0.25, 0.3) is 0 Å². The van der Waals surface area contributed by atoms with E-state index in [0.717, 1.165) is 25.1 Å². The Kier molecular flexibility index (Phi) is 5.32. The van der Waals surface area contributed by atoms with Crippen LogP contribution in [0, 0.1) is 5.92 Å². The molecule has 2 aliphatic rings. The summed E-state index contributed by atoms with van der Waals surface area (Å²) in [6.07, 6.45) is 9.78. The van der Waals surface area contributed by atoms with E-state index in [-0.39, 0.29) is 0 Å². The van der Waals surface area contributed by atoms with Crippen molar-refractivity contribution in [2.75, 3.05) is 0 Å². The van der Waals surface area contributed by atoms with E-state index in [9.17, 15) is 0 Å². The van der Waals surface area contributed by atoms with Gasteiger partial charge in [0.05, 0.1) is 12.7 Å². The quantitative estimate of drug-likeness (QED) is 0.801. The minimum atomic E-state index is 0.483. The van der Waals surface area contributed by atoms with Crippen LogP contribution in [0.3, 0.4) is 0 Å². The van der Waals surface area contributed by atoms with Crippen molar-refractivity contribution in [1.82, 2.24) is 5.32 Å². The standard InChI is InChI=1S/C19H29NO/c1-2-17-8-3-4-9-19(17)21-14-16-7-5-6-15(12-16)13-20-18-10-11-18/h5-7,12,17-20H,2-4,8-11,13-14H2,1H3. The van der Waals surface area contributed by atoms with Gasteiger partial charge < -0.3 is 10.1 Å². The monoisotopic (exact) mass is 287 g/mol. The summed E-state index contributed by atoms with van der Waals surface area (Å²) in [4.78, 5) is 0. The first kappa shape index (κ1) is 15.1. The van der Waals surface area contributed by atoms with Crippen molar-refractivity contribution in [3.8, 4) is 0 Å². The maximum atomic E-state index is 6.25. The molecule has 0 heterocycles. The largest absolute Gasteiger partial charge is 0.373 e. The lowest BCUT2D eigenvalue weighted by Gasteiger charge is -2.30. The number of hydrogen-bond donors (Lipinski definition) is 1. The molecule has 0 amide bonds. The summed E-state index contributed by atoms with van der Waals surface area (Å²) in [6.45, 7) is 4.08. The highest BCUT2D eigenvalue weighted by atomic mass is 16.5. The molecular formula is C19H29NO. The van der Waals surface area contributed by atoms with E-state index in [4.69, 9.17) is 4.74 Å². The van der Waals surface area contributed by atoms with Crippen LogP contribution in [0.15, 0.2) is 24.3 Å². The summed E-state index contributed by atoms with van der Waals surface area (Å²) in [7, 11) is 0. The highest BCUT2D eigenvalue weighted by Gasteiger charge is 2.24. The molecule has 2 fully saturated rings. The van der Waals surface area contributed by atoms with Crippen molar-refractivity contribution in [1.29, 1.82) is 0 Å². The summed E-state index contributed by atoms with van der Waals surface area (Å²) in [5.74, 6) is 0.776. The summed E-state index contributed by atoms with van der Waals surface area (Å²) in [6, 6.07) is 9.66. The smallest absolute Gasteiger partial charge is 0.0720 e. The fourth-order valence-corrected chi connectivity index (χ4v) is 3.44. The van der Waals surface area contributed by atoms with Gasteiger partial charge in [0.2, 0.25) is 0 Å². The van der Waals surface area contributed by atoms with Crippen LogP contribution in [0.25, 0.3) is 0 Å². The maximum Gasteiger partial charge on any atom is 0.0720 e. The molecule has 21 heavy (non-hydrogen) atoms. The van der Waals surface area contributed by atoms with Crippen LogP contribution < -0.4 is 5.32 Å². The molecule has 0 radical (unpaired) electrons. The third kappa shape index (κ3) is 4.55. The molecular weight excluding hydrogens is 258 g/mol. The average molecular weight is 287 g/mol. The second-order valence-corrected chi connectivity index (χ2v) is 6.78. The van der Waals surface area contributed by atoms with Gasteiger partial charge in [-0.25, -0.2) is 0 Å². The van der Waals surface area contributed by atoms with Crippen LogP contribution in [0.4, 0.5) is 0 Å². The molecule has 1 aromatic rings. The Morgan fingerprint density at radius 1 is 1.10 bits per heavy atom. The molecule has 1 N–H and O–H groups in total. The van der Waals surface area contributed by atoms with Crippen molar-refractivity contribution in [2.24, 2.45) is 5.92 Å². The number of rotatable bonds is 7. The van der Waals surface area contributed by atoms with Crippen LogP contribution in [-0.4, -0.2) is 12.1 Å². The summed E-state index contributed by atoms with van der Waals surface area (Å²) >= 11 is 0. The van der Waals surface area contributed by atoms with Crippen molar-refractivity contribution in [3.63, 3.8) is 0 Å². The van der Waals surface area contributed by atoms with Gasteiger partial charge >= 0.3 is 0 Å². The van der Waals surface area contributed by atoms with E-state index >= 15 is 0 Å². The number of benzene rings is 1. The van der Waals surface area contributed by atoms with Crippen molar-refractivity contribution in [2.45, 2.75) is 77.2 Å². The summed E-state index contributed by atoms with van der Waals surface area (Å²) in [5.41, 5.74) is 2.71. The third-order valence-corrected chi connectivity index (χ3v) is 4.99. The Balaban J connectivity index is 1.50. The van der Waals surface area contributed by atoms with Crippen molar-refractivity contribution >= 4 is 0 Å². The van der Waals surface area contributed by atoms with Gasteiger partial charge in [-0.05, 0) is 42.7 Å². The first-order valence-electron chi connectivity index (χ1n) is 8.78. The Labute approximate surface area is 129 Å². The van der Waals surface area contributed by atoms with Crippen LogP contribution >= 0.6 is 0 Å². The van der Waals surface area contributed by atoms with E-state index < -0.39 is 0 Å². The Bertz CT molecular complexity index is 441. The van der Waals surface area contributed by atoms with Crippen molar-refractivity contribution in [3.05, 3.63) is 35.4 Å². The number of ether oxygens (including phenoxy) is 1. The number of nitrogens with one attached hydrogen (secondary N) is 1. The Morgan fingerprint density at radius 3 is 2.71 bits per heavy atom. The summed E-state index contributed by atoms with van der Waals surface area (Å²) in [5, 5.41) is 3.58. The lowest BCUT2D eigenvalue weighted by Crippen LogP contribution is -2.27. The molecule has 2 saturated carbocycles. The van der Waals surface area contributed by atoms with Gasteiger partial charge in [-0.3, -0.25) is 0 Å². The van der Waals surface area contributed by atoms with E-state index in [2.05, 4.69) is 36.5 Å². The lowest BCUT2D eigenvalue weighted by atomic mass is 9.85. The molecule has 2 nitrogen and oxygen atoms in total. The van der Waals surface area contributed by atoms with Gasteiger partial charge in [0.1, 0.15) is 0 Å². The second kappa shape index (κ2) is 7.42. The molecule has 2 unspecified atom stereocenters. The van der Waals surface area contributed by atoms with Gasteiger partial charge in [-0.1, -0.05) is 50.5 Å². The van der Waals surface area contributed by atoms with Crippen molar-refractivity contribution < 1.29 is 4.74 Å². The number of hydrogen-bond acceptors (Lipinski definition) is 2. The molecule has 0 saturated heterocycles. The lowest BCUT2D eigenvalue weighted by molar-refractivity contribution is -0.0222. The molecule has 1 aromatic carbocycles. The van der Waals surface area contributed by atoms with E-state index in [0.29, 0.717) is 6.10 Å². The van der Waals surface area contributed by atoms with Gasteiger partial charge in [-0.2, -0.15) is 0 Å². The maximum absolute atomic E-state index is 6.25. The fourth-order valence-electron chi connectivity index (χ4n) is 3.44. The fraction of sp³-hybridized carbons (Fsp3) is 0.684. The molecule has 116 valence electrons. The molecule has 2 heteroatoms. The zero-order valence-electron chi connectivity index (χ0n) is 13.3. The molecule has 3 rings (SSSR count). The van der Waals surface area contributed by atoms with Gasteiger partial charge in [-0.15, -0.1) is 0 Å². The first-order valence-corrected chi connectivity index (χ1v) is 8.78. The Morgan fingerprint density at radius 2 is 1.90 bits per heavy atom. The molecule has 0 aliphatic heterocycles. The minimum absolute atomic E-state index is 0.483. The zero-order valence-corrected chi connectivity index (χ0v) is 13.3. The van der Waals surface area contributed by atoms with Gasteiger partial charge in [0, 0.05) is 12.6 Å². The van der Waals surface area contributed by atoms with Gasteiger partial charge in [0.15, 0.2) is 0 Å². The molecule has 0 spiro atoms. The predicted molar refractivity (Wildman–Crippen MR) is 87.1 cm³/mol. The molecule has 0 bridgehead atoms. The highest BCUT2D eigenvalue weighted by Crippen LogP contribution is 2.29. The SMILES string of the molecule is CCC1CCCCC1OCc1cccc(CNC2CC2)c1. The van der Waals surface area contributed by atoms with Crippen LogP contribution in [0.5, 0.6) is 0 Å². The topological polar surface area (TPSA) is 21.3 Å². The molecule has 2 atom stereocenters. The zero-order chi connectivity index (χ0) is 14.5. The van der Waals surface area contributed by atoms with Crippen LogP contribution in [-0.2, 0) is 17.9 Å². The summed E-state index contributed by atoms with van der Waals surface area (Å²) < 4.78 is 6.25. The second-order valence-electron chi connectivity index (χ2n) is 6.78. The third-order valence-electron chi connectivity index (χ3n) is 4.99. The first-order chi connectivity index (χ1) is 10.3. The Hall–Kier alpha value is -0.860. The van der Waals surface area contributed by atoms with E-state index in [1.54, 1.807) is 0 Å². The van der Waals surface area contributed by atoms with Crippen LogP contribution in [0.2, 0.25) is 0 Å². The normalized spacial score (nSPS) is 26.0. The highest BCUT2D eigenvalue weighted by molar-refractivity contribution is 5.23. The average Bonchev–Trinajstić information content (AvgIpc) is 3.36. The molecule has 0 aromatic heterocycles. The van der Waals surface area contributed by atoms with Crippen LogP contribution in [0.1, 0.15) is 63.0 Å². The molecule has 2 aliphatic carbocycles. The van der Waals surface area contributed by atoms with E-state index in [1.807, 2.05) is 0 Å². The predicted octanol–water partition coefficient (Wildman–Crippen LogP) is 4.42. The minimum Gasteiger partial charge on any atom is -0.373 e.